The molecule has 4 rings (SSSR count). The molecule has 28 heavy (non-hydrogen) atoms. The molecule has 1 atom stereocenters. The summed E-state index contributed by atoms with van der Waals surface area (Å²) in [6.07, 6.45) is 0.890. The van der Waals surface area contributed by atoms with Gasteiger partial charge in [0.05, 0.1) is 17.9 Å². The largest absolute Gasteiger partial charge is 0.465 e. The molecule has 1 aromatic carbocycles. The highest BCUT2D eigenvalue weighted by atomic mass is 32.1. The molecule has 0 aliphatic carbocycles. The molecule has 3 aromatic rings. The number of hydrogen-bond donors (Lipinski definition) is 0. The molecular formula is C21H16F3NO2S. The maximum atomic E-state index is 12.9. The third-order valence-corrected chi connectivity index (χ3v) is 5.73. The summed E-state index contributed by atoms with van der Waals surface area (Å²) in [6.45, 7) is 0.501. The molecule has 3 heterocycles. The second-order valence-electron chi connectivity index (χ2n) is 6.45. The molecule has 1 aliphatic rings. The van der Waals surface area contributed by atoms with Crippen LogP contribution >= 0.6 is 11.3 Å². The summed E-state index contributed by atoms with van der Waals surface area (Å²) in [5.41, 5.74) is 0.927. The van der Waals surface area contributed by atoms with E-state index in [0.717, 1.165) is 29.0 Å². The van der Waals surface area contributed by atoms with Gasteiger partial charge < -0.3 is 9.32 Å². The number of alkyl halides is 3. The van der Waals surface area contributed by atoms with Gasteiger partial charge in [0.15, 0.2) is 0 Å². The van der Waals surface area contributed by atoms with Crippen molar-refractivity contribution in [1.29, 1.82) is 0 Å². The Morgan fingerprint density at radius 1 is 1.18 bits per heavy atom. The summed E-state index contributed by atoms with van der Waals surface area (Å²) in [7, 11) is 0. The number of fused-ring (bicyclic) bond motifs is 1. The minimum absolute atomic E-state index is 0.210. The van der Waals surface area contributed by atoms with Crippen LogP contribution in [0, 0.1) is 0 Å². The number of carbonyl (C=O) groups is 1. The van der Waals surface area contributed by atoms with Gasteiger partial charge in [-0.05, 0) is 59.3 Å². The molecule has 0 fully saturated rings. The second kappa shape index (κ2) is 7.31. The van der Waals surface area contributed by atoms with Crippen molar-refractivity contribution in [1.82, 2.24) is 4.90 Å². The Labute approximate surface area is 163 Å². The highest BCUT2D eigenvalue weighted by Gasteiger charge is 2.34. The topological polar surface area (TPSA) is 33.5 Å². The van der Waals surface area contributed by atoms with E-state index in [-0.39, 0.29) is 5.91 Å². The zero-order chi connectivity index (χ0) is 19.7. The van der Waals surface area contributed by atoms with Gasteiger partial charge in [0, 0.05) is 17.5 Å². The lowest BCUT2D eigenvalue weighted by Gasteiger charge is -2.35. The van der Waals surface area contributed by atoms with E-state index in [2.05, 4.69) is 0 Å². The Morgan fingerprint density at radius 3 is 2.64 bits per heavy atom. The van der Waals surface area contributed by atoms with Crippen LogP contribution in [0.5, 0.6) is 0 Å². The first-order chi connectivity index (χ1) is 13.4. The molecule has 0 bridgehead atoms. The van der Waals surface area contributed by atoms with Crippen LogP contribution in [0.15, 0.2) is 64.6 Å². The van der Waals surface area contributed by atoms with E-state index < -0.39 is 17.8 Å². The minimum Gasteiger partial charge on any atom is -0.465 e. The molecule has 7 heteroatoms. The summed E-state index contributed by atoms with van der Waals surface area (Å²) in [5, 5.41) is 1.95. The summed E-state index contributed by atoms with van der Waals surface area (Å²) in [5.74, 6) is 0.353. The van der Waals surface area contributed by atoms with Gasteiger partial charge in [-0.25, -0.2) is 0 Å². The molecule has 0 spiro atoms. The van der Waals surface area contributed by atoms with Crippen LogP contribution < -0.4 is 0 Å². The molecule has 0 saturated carbocycles. The van der Waals surface area contributed by atoms with Crippen molar-refractivity contribution < 1.29 is 22.4 Å². The number of carbonyl (C=O) groups excluding carboxylic acids is 1. The quantitative estimate of drug-likeness (QED) is 0.538. The molecule has 2 aromatic heterocycles. The van der Waals surface area contributed by atoms with Crippen LogP contribution in [0.1, 0.15) is 33.4 Å². The van der Waals surface area contributed by atoms with Crippen molar-refractivity contribution in [3.8, 4) is 0 Å². The number of rotatable bonds is 3. The van der Waals surface area contributed by atoms with Gasteiger partial charge in [-0.2, -0.15) is 13.2 Å². The first kappa shape index (κ1) is 18.6. The van der Waals surface area contributed by atoms with E-state index >= 15 is 0 Å². The van der Waals surface area contributed by atoms with E-state index in [1.807, 2.05) is 11.4 Å². The smallest absolute Gasteiger partial charge is 0.416 e. The molecule has 1 amide bonds. The van der Waals surface area contributed by atoms with Crippen molar-refractivity contribution in [2.24, 2.45) is 0 Å². The first-order valence-electron chi connectivity index (χ1n) is 8.69. The average Bonchev–Trinajstić information content (AvgIpc) is 3.36. The van der Waals surface area contributed by atoms with E-state index in [1.54, 1.807) is 34.4 Å². The number of nitrogens with zero attached hydrogens (tertiary/aromatic N) is 1. The van der Waals surface area contributed by atoms with Crippen LogP contribution in [0.2, 0.25) is 0 Å². The third-order valence-electron chi connectivity index (χ3n) is 4.74. The molecule has 144 valence electrons. The third kappa shape index (κ3) is 3.62. The van der Waals surface area contributed by atoms with Gasteiger partial charge in [0.1, 0.15) is 5.76 Å². The van der Waals surface area contributed by atoms with E-state index in [0.29, 0.717) is 17.9 Å². The zero-order valence-electron chi connectivity index (χ0n) is 14.6. The van der Waals surface area contributed by atoms with E-state index in [9.17, 15) is 18.0 Å². The summed E-state index contributed by atoms with van der Waals surface area (Å²) < 4.78 is 43.9. The number of furan rings is 1. The lowest BCUT2D eigenvalue weighted by atomic mass is 9.92. The number of amides is 1. The maximum Gasteiger partial charge on any atom is 0.416 e. The Morgan fingerprint density at radius 2 is 1.96 bits per heavy atom. The average molecular weight is 403 g/mol. The lowest BCUT2D eigenvalue weighted by Crippen LogP contribution is -2.39. The normalized spacial score (nSPS) is 17.1. The Kier molecular flexibility index (Phi) is 4.85. The monoisotopic (exact) mass is 403 g/mol. The fraction of sp³-hybridized carbons (Fsp3) is 0.190. The van der Waals surface area contributed by atoms with Gasteiger partial charge in [-0.1, -0.05) is 12.1 Å². The van der Waals surface area contributed by atoms with Crippen molar-refractivity contribution in [3.05, 3.63) is 87.5 Å². The van der Waals surface area contributed by atoms with Crippen LogP contribution in [-0.2, 0) is 17.4 Å². The highest BCUT2D eigenvalue weighted by Crippen LogP contribution is 2.39. The van der Waals surface area contributed by atoms with Crippen LogP contribution in [0.4, 0.5) is 13.2 Å². The zero-order valence-corrected chi connectivity index (χ0v) is 15.5. The summed E-state index contributed by atoms with van der Waals surface area (Å²) >= 11 is 1.61. The van der Waals surface area contributed by atoms with Crippen molar-refractivity contribution in [3.63, 3.8) is 0 Å². The summed E-state index contributed by atoms with van der Waals surface area (Å²) in [6, 6.07) is 10.0. The fourth-order valence-corrected chi connectivity index (χ4v) is 4.31. The first-order valence-corrected chi connectivity index (χ1v) is 9.57. The number of benzene rings is 1. The van der Waals surface area contributed by atoms with Gasteiger partial charge in [-0.15, -0.1) is 11.3 Å². The van der Waals surface area contributed by atoms with Crippen LogP contribution in [0.25, 0.3) is 6.08 Å². The molecular weight excluding hydrogens is 387 g/mol. The van der Waals surface area contributed by atoms with Gasteiger partial charge >= 0.3 is 6.18 Å². The SMILES string of the molecule is O=C(/C=C/c1ccco1)N1CCc2sccc2C1c1ccc(C(F)(F)F)cc1. The molecule has 1 unspecified atom stereocenters. The lowest BCUT2D eigenvalue weighted by molar-refractivity contribution is -0.137. The van der Waals surface area contributed by atoms with Gasteiger partial charge in [-0.3, -0.25) is 4.79 Å². The standard InChI is InChI=1S/C21H16F3NO2S/c22-21(23,24)15-5-3-14(4-6-15)20-17-10-13-28-18(17)9-11-25(20)19(26)8-7-16-2-1-12-27-16/h1-8,10,12-13,20H,9,11H2/b8-7+. The Balaban J connectivity index is 1.67. The summed E-state index contributed by atoms with van der Waals surface area (Å²) in [4.78, 5) is 15.7. The Hall–Kier alpha value is -2.80. The number of hydrogen-bond acceptors (Lipinski definition) is 3. The molecule has 0 saturated heterocycles. The fourth-order valence-electron chi connectivity index (χ4n) is 3.40. The van der Waals surface area contributed by atoms with Gasteiger partial charge in [0.25, 0.3) is 0 Å². The van der Waals surface area contributed by atoms with Crippen LogP contribution in [-0.4, -0.2) is 17.4 Å². The predicted octanol–water partition coefficient (Wildman–Crippen LogP) is 5.55. The predicted molar refractivity (Wildman–Crippen MR) is 101 cm³/mol. The molecule has 0 N–H and O–H groups in total. The van der Waals surface area contributed by atoms with Crippen molar-refractivity contribution in [2.75, 3.05) is 6.54 Å². The minimum atomic E-state index is -4.39. The number of thiophene rings is 1. The highest BCUT2D eigenvalue weighted by molar-refractivity contribution is 7.10. The van der Waals surface area contributed by atoms with E-state index in [1.165, 1.54) is 24.5 Å². The van der Waals surface area contributed by atoms with Crippen molar-refractivity contribution >= 4 is 23.3 Å². The maximum absolute atomic E-state index is 12.9. The Bertz CT molecular complexity index is 988. The molecule has 3 nitrogen and oxygen atoms in total. The molecule has 0 radical (unpaired) electrons. The van der Waals surface area contributed by atoms with Gasteiger partial charge in [0.2, 0.25) is 5.91 Å². The molecule has 1 aliphatic heterocycles. The number of halogens is 3. The van der Waals surface area contributed by atoms with E-state index in [4.69, 9.17) is 4.42 Å². The van der Waals surface area contributed by atoms with Crippen LogP contribution in [0.3, 0.4) is 0 Å². The van der Waals surface area contributed by atoms with Crippen molar-refractivity contribution in [2.45, 2.75) is 18.6 Å². The second-order valence-corrected chi connectivity index (χ2v) is 7.45.